The summed E-state index contributed by atoms with van der Waals surface area (Å²) in [4.78, 5) is 15.8. The number of fused-ring (bicyclic) bond motifs is 1. The molecule has 90 valence electrons. The highest BCUT2D eigenvalue weighted by Crippen LogP contribution is 2.08. The van der Waals surface area contributed by atoms with Gasteiger partial charge in [0.15, 0.2) is 0 Å². The molecule has 17 heavy (non-hydrogen) atoms. The van der Waals surface area contributed by atoms with E-state index in [4.69, 9.17) is 4.74 Å². The zero-order chi connectivity index (χ0) is 12.3. The first-order chi connectivity index (χ1) is 8.22. The van der Waals surface area contributed by atoms with Crippen molar-refractivity contribution in [2.75, 3.05) is 19.1 Å². The lowest BCUT2D eigenvalue weighted by Gasteiger charge is -2.17. The van der Waals surface area contributed by atoms with Gasteiger partial charge < -0.3 is 10.2 Å². The molecule has 0 spiro atoms. The first-order valence-corrected chi connectivity index (χ1v) is 5.43. The summed E-state index contributed by atoms with van der Waals surface area (Å²) >= 11 is 0. The molecule has 0 radical (unpaired) electrons. The molecule has 5 nitrogen and oxygen atoms in total. The molecular formula is C12H15N3O2. The molecule has 2 rings (SSSR count). The minimum Gasteiger partial charge on any atom is -0.383 e. The van der Waals surface area contributed by atoms with E-state index in [9.17, 15) is 4.79 Å². The summed E-state index contributed by atoms with van der Waals surface area (Å²) in [6.07, 6.45) is 3.40. The van der Waals surface area contributed by atoms with Crippen LogP contribution in [0.15, 0.2) is 35.4 Å². The molecule has 0 bridgehead atoms. The van der Waals surface area contributed by atoms with Crippen molar-refractivity contribution in [3.63, 3.8) is 0 Å². The molecule has 0 saturated carbocycles. The van der Waals surface area contributed by atoms with Crippen LogP contribution in [-0.4, -0.2) is 29.4 Å². The van der Waals surface area contributed by atoms with E-state index in [0.29, 0.717) is 6.61 Å². The molecule has 1 N–H and O–H groups in total. The molecule has 0 aliphatic heterocycles. The lowest BCUT2D eigenvalue weighted by molar-refractivity contribution is 0.186. The molecule has 0 aliphatic rings. The van der Waals surface area contributed by atoms with Crippen molar-refractivity contribution >= 4 is 10.9 Å². The van der Waals surface area contributed by atoms with Crippen molar-refractivity contribution in [2.45, 2.75) is 13.0 Å². The summed E-state index contributed by atoms with van der Waals surface area (Å²) in [7, 11) is 1.63. The molecule has 0 aliphatic carbocycles. The van der Waals surface area contributed by atoms with Gasteiger partial charge in [-0.3, -0.25) is 9.78 Å². The third-order valence-corrected chi connectivity index (χ3v) is 2.46. The van der Waals surface area contributed by atoms with Gasteiger partial charge in [0.2, 0.25) is 0 Å². The molecule has 0 amide bonds. The number of ether oxygens (including phenoxy) is 1. The number of methoxy groups -OCH3 is 1. The summed E-state index contributed by atoms with van der Waals surface area (Å²) in [5.74, 6) is 0. The maximum absolute atomic E-state index is 11.8. The topological polar surface area (TPSA) is 56.1 Å². The van der Waals surface area contributed by atoms with E-state index in [0.717, 1.165) is 10.9 Å². The Morgan fingerprint density at radius 1 is 1.47 bits per heavy atom. The summed E-state index contributed by atoms with van der Waals surface area (Å²) in [5, 5.41) is 0.921. The molecule has 0 fully saturated rings. The van der Waals surface area contributed by atoms with Crippen LogP contribution in [0.2, 0.25) is 0 Å². The Balaban J connectivity index is 2.44. The van der Waals surface area contributed by atoms with Crippen LogP contribution < -0.4 is 11.0 Å². The number of rotatable bonds is 4. The summed E-state index contributed by atoms with van der Waals surface area (Å²) in [5.41, 5.74) is 3.83. The highest BCUT2D eigenvalue weighted by Gasteiger charge is 2.05. The highest BCUT2D eigenvalue weighted by molar-refractivity contribution is 5.77. The quantitative estimate of drug-likeness (QED) is 0.855. The first kappa shape index (κ1) is 11.6. The van der Waals surface area contributed by atoms with Gasteiger partial charge in [-0.1, -0.05) is 0 Å². The molecule has 1 atom stereocenters. The number of pyridine rings is 2. The van der Waals surface area contributed by atoms with Gasteiger partial charge in [-0.25, -0.2) is 4.68 Å². The molecular weight excluding hydrogens is 218 g/mol. The van der Waals surface area contributed by atoms with Gasteiger partial charge in [-0.15, -0.1) is 0 Å². The average molecular weight is 233 g/mol. The molecule has 5 heteroatoms. The normalized spacial score (nSPS) is 12.6. The van der Waals surface area contributed by atoms with E-state index >= 15 is 0 Å². The molecule has 0 saturated heterocycles. The van der Waals surface area contributed by atoms with Crippen molar-refractivity contribution in [1.82, 2.24) is 9.66 Å². The Morgan fingerprint density at radius 2 is 2.29 bits per heavy atom. The number of nitrogens with one attached hydrogen (secondary N) is 1. The fourth-order valence-electron chi connectivity index (χ4n) is 1.73. The molecule has 2 aromatic heterocycles. The Labute approximate surface area is 99.0 Å². The second-order valence-electron chi connectivity index (χ2n) is 3.93. The van der Waals surface area contributed by atoms with E-state index < -0.39 is 0 Å². The van der Waals surface area contributed by atoms with Crippen molar-refractivity contribution < 1.29 is 4.74 Å². The van der Waals surface area contributed by atoms with E-state index in [-0.39, 0.29) is 11.6 Å². The van der Waals surface area contributed by atoms with Crippen LogP contribution in [0.4, 0.5) is 0 Å². The SMILES string of the molecule is COCC(C)Nn1c(=O)ccc2cnccc21. The summed E-state index contributed by atoms with van der Waals surface area (Å²) in [6.45, 7) is 2.49. The number of aromatic nitrogens is 2. The minimum atomic E-state index is -0.0911. The predicted octanol–water partition coefficient (Wildman–Crippen LogP) is 0.975. The molecule has 0 aromatic carbocycles. The zero-order valence-corrected chi connectivity index (χ0v) is 9.88. The fraction of sp³-hybridized carbons (Fsp3) is 0.333. The van der Waals surface area contributed by atoms with Crippen molar-refractivity contribution in [1.29, 1.82) is 0 Å². The van der Waals surface area contributed by atoms with Gasteiger partial charge in [0.25, 0.3) is 5.56 Å². The number of hydrogen-bond donors (Lipinski definition) is 1. The first-order valence-electron chi connectivity index (χ1n) is 5.43. The standard InChI is InChI=1S/C12H15N3O2/c1-9(8-17-2)14-15-11-5-6-13-7-10(11)3-4-12(15)16/h3-7,9,14H,8H2,1-2H3. The second-order valence-corrected chi connectivity index (χ2v) is 3.93. The Bertz CT molecular complexity index is 565. The number of hydrogen-bond acceptors (Lipinski definition) is 4. The largest absolute Gasteiger partial charge is 0.383 e. The smallest absolute Gasteiger partial charge is 0.269 e. The average Bonchev–Trinajstić information content (AvgIpc) is 2.33. The summed E-state index contributed by atoms with van der Waals surface area (Å²) < 4.78 is 6.57. The lowest BCUT2D eigenvalue weighted by Crippen LogP contribution is -2.36. The Morgan fingerprint density at radius 3 is 3.06 bits per heavy atom. The van der Waals surface area contributed by atoms with Crippen LogP contribution in [0, 0.1) is 0 Å². The maximum Gasteiger partial charge on any atom is 0.269 e. The third kappa shape index (κ3) is 2.45. The fourth-order valence-corrected chi connectivity index (χ4v) is 1.73. The van der Waals surface area contributed by atoms with Crippen LogP contribution in [0.5, 0.6) is 0 Å². The van der Waals surface area contributed by atoms with E-state index in [1.165, 1.54) is 10.7 Å². The van der Waals surface area contributed by atoms with Gasteiger partial charge in [-0.2, -0.15) is 0 Å². The monoisotopic (exact) mass is 233 g/mol. The van der Waals surface area contributed by atoms with Crippen LogP contribution >= 0.6 is 0 Å². The highest BCUT2D eigenvalue weighted by atomic mass is 16.5. The van der Waals surface area contributed by atoms with Crippen LogP contribution in [0.25, 0.3) is 10.9 Å². The van der Waals surface area contributed by atoms with E-state index in [1.54, 1.807) is 25.6 Å². The third-order valence-electron chi connectivity index (χ3n) is 2.46. The Kier molecular flexibility index (Phi) is 3.39. The molecule has 2 heterocycles. The Hall–Kier alpha value is -1.88. The van der Waals surface area contributed by atoms with E-state index in [2.05, 4.69) is 10.4 Å². The van der Waals surface area contributed by atoms with Gasteiger partial charge in [0, 0.05) is 31.0 Å². The van der Waals surface area contributed by atoms with Gasteiger partial charge in [-0.05, 0) is 19.1 Å². The van der Waals surface area contributed by atoms with Crippen LogP contribution in [0.3, 0.4) is 0 Å². The van der Waals surface area contributed by atoms with Crippen molar-refractivity contribution in [3.8, 4) is 0 Å². The molecule has 2 aromatic rings. The van der Waals surface area contributed by atoms with Crippen LogP contribution in [-0.2, 0) is 4.74 Å². The summed E-state index contributed by atoms with van der Waals surface area (Å²) in [6, 6.07) is 5.15. The van der Waals surface area contributed by atoms with Crippen molar-refractivity contribution in [3.05, 3.63) is 40.9 Å². The zero-order valence-electron chi connectivity index (χ0n) is 9.88. The molecule has 1 unspecified atom stereocenters. The van der Waals surface area contributed by atoms with Crippen LogP contribution in [0.1, 0.15) is 6.92 Å². The van der Waals surface area contributed by atoms with Gasteiger partial charge >= 0.3 is 0 Å². The minimum absolute atomic E-state index is 0.0523. The van der Waals surface area contributed by atoms with E-state index in [1.807, 2.05) is 13.0 Å². The van der Waals surface area contributed by atoms with Gasteiger partial charge in [0.1, 0.15) is 0 Å². The van der Waals surface area contributed by atoms with Gasteiger partial charge in [0.05, 0.1) is 18.2 Å². The lowest BCUT2D eigenvalue weighted by atomic mass is 10.3. The predicted molar refractivity (Wildman–Crippen MR) is 66.7 cm³/mol. The second kappa shape index (κ2) is 4.97. The maximum atomic E-state index is 11.8. The van der Waals surface area contributed by atoms with Crippen molar-refractivity contribution in [2.24, 2.45) is 0 Å². The number of nitrogens with zero attached hydrogens (tertiary/aromatic N) is 2.